The third kappa shape index (κ3) is 0.954. The average Bonchev–Trinajstić information content (AvgIpc) is 1.97. The van der Waals surface area contributed by atoms with Gasteiger partial charge in [0, 0.05) is 16.9 Å². The summed E-state index contributed by atoms with van der Waals surface area (Å²) in [5.74, 6) is 0. The largest absolute Gasteiger partial charge is 0.263 e. The molecule has 13 heavy (non-hydrogen) atoms. The summed E-state index contributed by atoms with van der Waals surface area (Å²) >= 11 is 3.48. The number of pyridine rings is 1. The van der Waals surface area contributed by atoms with E-state index in [9.17, 15) is 0 Å². The molecular formula is C11H12BrN. The summed E-state index contributed by atoms with van der Waals surface area (Å²) in [4.78, 5) is 4.23. The molecule has 1 aromatic heterocycles. The van der Waals surface area contributed by atoms with Crippen LogP contribution in [0.25, 0.3) is 0 Å². The highest BCUT2D eigenvalue weighted by atomic mass is 79.9. The molecule has 0 saturated heterocycles. The second-order valence-corrected chi connectivity index (χ2v) is 5.93. The van der Waals surface area contributed by atoms with E-state index in [1.54, 1.807) is 0 Å². The maximum atomic E-state index is 4.23. The van der Waals surface area contributed by atoms with E-state index in [-0.39, 0.29) is 0 Å². The predicted octanol–water partition coefficient (Wildman–Crippen LogP) is 3.29. The first-order valence-electron chi connectivity index (χ1n) is 4.73. The van der Waals surface area contributed by atoms with Crippen molar-refractivity contribution in [2.45, 2.75) is 31.6 Å². The van der Waals surface area contributed by atoms with Gasteiger partial charge in [0.2, 0.25) is 0 Å². The summed E-state index contributed by atoms with van der Waals surface area (Å²) < 4.78 is 1.11. The SMILES string of the molecule is CC12CC(c3cncc(Br)c3)(C1)C2. The van der Waals surface area contributed by atoms with Crippen LogP contribution in [0.3, 0.4) is 0 Å². The van der Waals surface area contributed by atoms with Crippen LogP contribution in [0.1, 0.15) is 31.7 Å². The summed E-state index contributed by atoms with van der Waals surface area (Å²) in [6.07, 6.45) is 8.01. The van der Waals surface area contributed by atoms with Gasteiger partial charge in [0.25, 0.3) is 0 Å². The van der Waals surface area contributed by atoms with Crippen molar-refractivity contribution in [3.05, 3.63) is 28.5 Å². The van der Waals surface area contributed by atoms with Crippen LogP contribution in [0, 0.1) is 5.41 Å². The lowest BCUT2D eigenvalue weighted by atomic mass is 9.34. The Hall–Kier alpha value is -0.370. The van der Waals surface area contributed by atoms with Gasteiger partial charge in [0.1, 0.15) is 0 Å². The van der Waals surface area contributed by atoms with E-state index in [0.717, 1.165) is 4.47 Å². The Labute approximate surface area is 86.7 Å². The summed E-state index contributed by atoms with van der Waals surface area (Å²) in [6.45, 7) is 2.39. The summed E-state index contributed by atoms with van der Waals surface area (Å²) in [7, 11) is 0. The fraction of sp³-hybridized carbons (Fsp3) is 0.545. The molecule has 1 nitrogen and oxygen atoms in total. The highest BCUT2D eigenvalue weighted by Gasteiger charge is 2.65. The second-order valence-electron chi connectivity index (χ2n) is 5.01. The molecule has 0 amide bonds. The minimum absolute atomic E-state index is 0.519. The fourth-order valence-corrected chi connectivity index (χ4v) is 3.67. The van der Waals surface area contributed by atoms with Gasteiger partial charge in [-0.05, 0) is 57.7 Å². The van der Waals surface area contributed by atoms with Crippen molar-refractivity contribution in [3.63, 3.8) is 0 Å². The lowest BCUT2D eigenvalue weighted by molar-refractivity contribution is -0.125. The van der Waals surface area contributed by atoms with E-state index >= 15 is 0 Å². The van der Waals surface area contributed by atoms with Crippen LogP contribution in [0.4, 0.5) is 0 Å². The van der Waals surface area contributed by atoms with Crippen molar-refractivity contribution in [3.8, 4) is 0 Å². The standard InChI is InChI=1S/C11H12BrN/c1-10-5-11(6-10,7-10)8-2-9(12)4-13-3-8/h2-4H,5-7H2,1H3. The molecule has 2 heteroatoms. The third-order valence-electron chi connectivity index (χ3n) is 3.61. The molecule has 0 atom stereocenters. The topological polar surface area (TPSA) is 12.9 Å². The number of nitrogens with zero attached hydrogens (tertiary/aromatic N) is 1. The van der Waals surface area contributed by atoms with Gasteiger partial charge in [-0.3, -0.25) is 4.98 Å². The number of hydrogen-bond acceptors (Lipinski definition) is 1. The Bertz CT molecular complexity index is 352. The maximum Gasteiger partial charge on any atom is 0.0410 e. The minimum atomic E-state index is 0.519. The summed E-state index contributed by atoms with van der Waals surface area (Å²) in [6, 6.07) is 2.23. The van der Waals surface area contributed by atoms with Gasteiger partial charge in [-0.15, -0.1) is 0 Å². The first kappa shape index (κ1) is 7.98. The molecule has 1 aromatic rings. The summed E-state index contributed by atoms with van der Waals surface area (Å²) in [5, 5.41) is 0. The van der Waals surface area contributed by atoms with Crippen LogP contribution < -0.4 is 0 Å². The lowest BCUT2D eigenvalue weighted by Crippen LogP contribution is -2.62. The van der Waals surface area contributed by atoms with Crippen molar-refractivity contribution >= 4 is 15.9 Å². The number of halogens is 1. The van der Waals surface area contributed by atoms with E-state index < -0.39 is 0 Å². The molecule has 0 aliphatic heterocycles. The second kappa shape index (κ2) is 2.17. The van der Waals surface area contributed by atoms with Crippen molar-refractivity contribution in [1.82, 2.24) is 4.98 Å². The molecule has 0 spiro atoms. The molecule has 0 unspecified atom stereocenters. The zero-order valence-corrected chi connectivity index (χ0v) is 9.26. The smallest absolute Gasteiger partial charge is 0.0410 e. The van der Waals surface area contributed by atoms with Gasteiger partial charge >= 0.3 is 0 Å². The van der Waals surface area contributed by atoms with Crippen LogP contribution >= 0.6 is 15.9 Å². The molecule has 2 bridgehead atoms. The van der Waals surface area contributed by atoms with E-state index in [4.69, 9.17) is 0 Å². The zero-order chi connectivity index (χ0) is 9.10. The fourth-order valence-electron chi connectivity index (χ4n) is 3.30. The van der Waals surface area contributed by atoms with E-state index in [0.29, 0.717) is 10.8 Å². The molecule has 3 aliphatic rings. The number of aromatic nitrogens is 1. The van der Waals surface area contributed by atoms with Crippen LogP contribution in [0.5, 0.6) is 0 Å². The highest BCUT2D eigenvalue weighted by Crippen LogP contribution is 2.73. The molecule has 3 aliphatic carbocycles. The van der Waals surface area contributed by atoms with Gasteiger partial charge in [-0.25, -0.2) is 0 Å². The first-order chi connectivity index (χ1) is 6.12. The van der Waals surface area contributed by atoms with Gasteiger partial charge < -0.3 is 0 Å². The van der Waals surface area contributed by atoms with E-state index in [1.807, 2.05) is 12.4 Å². The van der Waals surface area contributed by atoms with Crippen LogP contribution in [0.15, 0.2) is 22.9 Å². The van der Waals surface area contributed by atoms with E-state index in [2.05, 4.69) is 33.9 Å². The Morgan fingerprint density at radius 2 is 2.00 bits per heavy atom. The van der Waals surface area contributed by atoms with Crippen LogP contribution in [0.2, 0.25) is 0 Å². The molecule has 0 radical (unpaired) electrons. The average molecular weight is 238 g/mol. The van der Waals surface area contributed by atoms with Crippen molar-refractivity contribution in [1.29, 1.82) is 0 Å². The molecule has 0 N–H and O–H groups in total. The van der Waals surface area contributed by atoms with E-state index in [1.165, 1.54) is 24.8 Å². The monoisotopic (exact) mass is 237 g/mol. The van der Waals surface area contributed by atoms with Crippen molar-refractivity contribution < 1.29 is 0 Å². The molecule has 3 fully saturated rings. The van der Waals surface area contributed by atoms with Crippen LogP contribution in [-0.4, -0.2) is 4.98 Å². The Morgan fingerprint density at radius 3 is 2.54 bits per heavy atom. The van der Waals surface area contributed by atoms with Crippen molar-refractivity contribution in [2.75, 3.05) is 0 Å². The molecule has 68 valence electrons. The van der Waals surface area contributed by atoms with Crippen LogP contribution in [-0.2, 0) is 5.41 Å². The van der Waals surface area contributed by atoms with Gasteiger partial charge in [0.15, 0.2) is 0 Å². The maximum absolute atomic E-state index is 4.23. The molecule has 4 rings (SSSR count). The Kier molecular flexibility index (Phi) is 1.33. The van der Waals surface area contributed by atoms with Gasteiger partial charge in [0.05, 0.1) is 0 Å². The minimum Gasteiger partial charge on any atom is -0.263 e. The van der Waals surface area contributed by atoms with Gasteiger partial charge in [-0.1, -0.05) is 6.92 Å². The summed E-state index contributed by atoms with van der Waals surface area (Å²) in [5.41, 5.74) is 2.64. The number of rotatable bonds is 1. The molecule has 3 saturated carbocycles. The zero-order valence-electron chi connectivity index (χ0n) is 7.68. The highest BCUT2D eigenvalue weighted by molar-refractivity contribution is 9.10. The van der Waals surface area contributed by atoms with Crippen molar-refractivity contribution in [2.24, 2.45) is 5.41 Å². The first-order valence-corrected chi connectivity index (χ1v) is 5.52. The quantitative estimate of drug-likeness (QED) is 0.731. The molecular weight excluding hydrogens is 226 g/mol. The predicted molar refractivity (Wildman–Crippen MR) is 55.6 cm³/mol. The molecule has 0 aromatic carbocycles. The van der Waals surface area contributed by atoms with Gasteiger partial charge in [-0.2, -0.15) is 0 Å². The third-order valence-corrected chi connectivity index (χ3v) is 4.05. The number of hydrogen-bond donors (Lipinski definition) is 0. The Balaban J connectivity index is 1.95. The normalized spacial score (nSPS) is 40.8. The molecule has 1 heterocycles. The Morgan fingerprint density at radius 1 is 1.31 bits per heavy atom. The lowest BCUT2D eigenvalue weighted by Gasteiger charge is -2.70.